The lowest BCUT2D eigenvalue weighted by Crippen LogP contribution is -2.30. The molecule has 0 bridgehead atoms. The third-order valence-corrected chi connectivity index (χ3v) is 2.62. The van der Waals surface area contributed by atoms with Crippen molar-refractivity contribution in [1.82, 2.24) is 0 Å². The number of hydrogen-bond donors (Lipinski definition) is 1. The van der Waals surface area contributed by atoms with Crippen LogP contribution in [0.25, 0.3) is 0 Å². The number of anilines is 1. The van der Waals surface area contributed by atoms with Crippen LogP contribution in [0.15, 0.2) is 18.2 Å². The minimum absolute atomic E-state index is 0.115. The Hall–Kier alpha value is -2.48. The Morgan fingerprint density at radius 3 is 3.00 bits per heavy atom. The molecular formula is C13H11NO4. The number of rotatable bonds is 2. The summed E-state index contributed by atoms with van der Waals surface area (Å²) < 4.78 is 5.39. The standard InChI is InChI=1S/C13H11NO4/c1-2-6-14-10-4-3-9(13(16)17)8-11(10)18-7-5-12(14)15/h1,3-4,8H,5-7H2,(H,16,17). The first-order valence-corrected chi connectivity index (χ1v) is 5.37. The van der Waals surface area contributed by atoms with Gasteiger partial charge in [-0.3, -0.25) is 9.69 Å². The molecule has 0 atom stereocenters. The summed E-state index contributed by atoms with van der Waals surface area (Å²) in [5.41, 5.74) is 0.629. The smallest absolute Gasteiger partial charge is 0.335 e. The third-order valence-electron chi connectivity index (χ3n) is 2.62. The van der Waals surface area contributed by atoms with Gasteiger partial charge in [-0.15, -0.1) is 6.42 Å². The summed E-state index contributed by atoms with van der Waals surface area (Å²) in [6.07, 6.45) is 5.45. The lowest BCUT2D eigenvalue weighted by atomic mass is 10.1. The first-order valence-electron chi connectivity index (χ1n) is 5.37. The minimum Gasteiger partial charge on any atom is -0.491 e. The largest absolute Gasteiger partial charge is 0.491 e. The van der Waals surface area contributed by atoms with E-state index >= 15 is 0 Å². The molecule has 0 unspecified atom stereocenters. The van der Waals surface area contributed by atoms with E-state index in [-0.39, 0.29) is 31.0 Å². The highest BCUT2D eigenvalue weighted by Crippen LogP contribution is 2.32. The van der Waals surface area contributed by atoms with Gasteiger partial charge in [-0.25, -0.2) is 4.79 Å². The van der Waals surface area contributed by atoms with Gasteiger partial charge in [0, 0.05) is 0 Å². The molecule has 1 aliphatic heterocycles. The highest BCUT2D eigenvalue weighted by molar-refractivity contribution is 5.97. The van der Waals surface area contributed by atoms with Gasteiger partial charge >= 0.3 is 5.97 Å². The van der Waals surface area contributed by atoms with Crippen LogP contribution >= 0.6 is 0 Å². The average Bonchev–Trinajstić information content (AvgIpc) is 2.49. The summed E-state index contributed by atoms with van der Waals surface area (Å²) in [6, 6.07) is 4.37. The molecular weight excluding hydrogens is 234 g/mol. The molecule has 0 spiro atoms. The van der Waals surface area contributed by atoms with Crippen LogP contribution in [0.1, 0.15) is 16.8 Å². The van der Waals surface area contributed by atoms with Crippen molar-refractivity contribution in [2.45, 2.75) is 6.42 Å². The summed E-state index contributed by atoms with van der Waals surface area (Å²) in [5, 5.41) is 8.91. The summed E-state index contributed by atoms with van der Waals surface area (Å²) in [4.78, 5) is 24.1. The highest BCUT2D eigenvalue weighted by Gasteiger charge is 2.23. The number of nitrogens with zero attached hydrogens (tertiary/aromatic N) is 1. The molecule has 1 aromatic rings. The zero-order valence-corrected chi connectivity index (χ0v) is 9.55. The number of terminal acetylenes is 1. The molecule has 0 saturated carbocycles. The molecule has 1 N–H and O–H groups in total. The van der Waals surface area contributed by atoms with Crippen molar-refractivity contribution in [3.05, 3.63) is 23.8 Å². The second-order valence-corrected chi connectivity index (χ2v) is 3.77. The second-order valence-electron chi connectivity index (χ2n) is 3.77. The fourth-order valence-corrected chi connectivity index (χ4v) is 1.77. The zero-order valence-electron chi connectivity index (χ0n) is 9.55. The van der Waals surface area contributed by atoms with Gasteiger partial charge in [-0.2, -0.15) is 0 Å². The maximum absolute atomic E-state index is 11.8. The number of benzene rings is 1. The monoisotopic (exact) mass is 245 g/mol. The zero-order chi connectivity index (χ0) is 13.1. The van der Waals surface area contributed by atoms with Crippen molar-refractivity contribution in [3.63, 3.8) is 0 Å². The summed E-state index contributed by atoms with van der Waals surface area (Å²) in [5.74, 6) is 1.61. The number of aromatic carboxylic acids is 1. The van der Waals surface area contributed by atoms with Crippen molar-refractivity contribution in [2.75, 3.05) is 18.1 Å². The number of carbonyl (C=O) groups is 2. The Morgan fingerprint density at radius 2 is 2.33 bits per heavy atom. The molecule has 0 saturated heterocycles. The maximum Gasteiger partial charge on any atom is 0.335 e. The molecule has 1 heterocycles. The maximum atomic E-state index is 11.8. The van der Waals surface area contributed by atoms with E-state index in [0.29, 0.717) is 11.4 Å². The van der Waals surface area contributed by atoms with Gasteiger partial charge in [-0.1, -0.05) is 5.92 Å². The van der Waals surface area contributed by atoms with E-state index in [2.05, 4.69) is 5.92 Å². The first-order chi connectivity index (χ1) is 8.63. The summed E-state index contributed by atoms with van der Waals surface area (Å²) in [6.45, 7) is 0.359. The fourth-order valence-electron chi connectivity index (χ4n) is 1.77. The van der Waals surface area contributed by atoms with Crippen LogP contribution in [0.3, 0.4) is 0 Å². The van der Waals surface area contributed by atoms with Gasteiger partial charge in [0.1, 0.15) is 5.75 Å². The third kappa shape index (κ3) is 2.13. The topological polar surface area (TPSA) is 66.8 Å². The molecule has 5 heteroatoms. The van der Waals surface area contributed by atoms with Gasteiger partial charge in [0.05, 0.1) is 30.8 Å². The van der Waals surface area contributed by atoms with E-state index in [9.17, 15) is 9.59 Å². The fraction of sp³-hybridized carbons (Fsp3) is 0.231. The molecule has 0 fully saturated rings. The molecule has 0 aliphatic carbocycles. The summed E-state index contributed by atoms with van der Waals surface area (Å²) >= 11 is 0. The van der Waals surface area contributed by atoms with Gasteiger partial charge in [-0.05, 0) is 18.2 Å². The van der Waals surface area contributed by atoms with Crippen LogP contribution in [0.4, 0.5) is 5.69 Å². The van der Waals surface area contributed by atoms with E-state index in [0.717, 1.165) is 0 Å². The van der Waals surface area contributed by atoms with Gasteiger partial charge < -0.3 is 9.84 Å². The van der Waals surface area contributed by atoms with Crippen LogP contribution in [-0.4, -0.2) is 30.1 Å². The average molecular weight is 245 g/mol. The van der Waals surface area contributed by atoms with Gasteiger partial charge in [0.2, 0.25) is 5.91 Å². The number of carbonyl (C=O) groups excluding carboxylic acids is 1. The Kier molecular flexibility index (Phi) is 3.20. The predicted octanol–water partition coefficient (Wildman–Crippen LogP) is 1.13. The number of hydrogen-bond acceptors (Lipinski definition) is 3. The van der Waals surface area contributed by atoms with Gasteiger partial charge in [0.25, 0.3) is 0 Å². The number of carboxylic acids is 1. The number of amides is 1. The van der Waals surface area contributed by atoms with E-state index in [1.165, 1.54) is 17.0 Å². The Morgan fingerprint density at radius 1 is 1.56 bits per heavy atom. The molecule has 0 aromatic heterocycles. The molecule has 2 rings (SSSR count). The number of ether oxygens (including phenoxy) is 1. The van der Waals surface area contributed by atoms with Crippen molar-refractivity contribution in [1.29, 1.82) is 0 Å². The second kappa shape index (κ2) is 4.80. The molecule has 1 aliphatic rings. The first kappa shape index (κ1) is 12.0. The van der Waals surface area contributed by atoms with Crippen LogP contribution in [0.5, 0.6) is 5.75 Å². The van der Waals surface area contributed by atoms with Crippen molar-refractivity contribution >= 4 is 17.6 Å². The van der Waals surface area contributed by atoms with E-state index in [4.69, 9.17) is 16.3 Å². The highest BCUT2D eigenvalue weighted by atomic mass is 16.5. The molecule has 1 amide bonds. The van der Waals surface area contributed by atoms with E-state index in [1.807, 2.05) is 0 Å². The quantitative estimate of drug-likeness (QED) is 0.793. The molecule has 18 heavy (non-hydrogen) atoms. The van der Waals surface area contributed by atoms with Crippen molar-refractivity contribution in [3.8, 4) is 18.1 Å². The Labute approximate surface area is 104 Å². The van der Waals surface area contributed by atoms with Crippen LogP contribution in [0, 0.1) is 12.3 Å². The predicted molar refractivity (Wildman–Crippen MR) is 64.7 cm³/mol. The van der Waals surface area contributed by atoms with E-state index in [1.54, 1.807) is 6.07 Å². The molecule has 92 valence electrons. The van der Waals surface area contributed by atoms with Crippen LogP contribution in [0.2, 0.25) is 0 Å². The minimum atomic E-state index is -1.04. The van der Waals surface area contributed by atoms with Crippen molar-refractivity contribution < 1.29 is 19.4 Å². The number of fused-ring (bicyclic) bond motifs is 1. The molecule has 0 radical (unpaired) electrons. The van der Waals surface area contributed by atoms with Crippen LogP contribution in [-0.2, 0) is 4.79 Å². The summed E-state index contributed by atoms with van der Waals surface area (Å²) in [7, 11) is 0. The van der Waals surface area contributed by atoms with Gasteiger partial charge in [0.15, 0.2) is 0 Å². The van der Waals surface area contributed by atoms with Crippen LogP contribution < -0.4 is 9.64 Å². The lowest BCUT2D eigenvalue weighted by Gasteiger charge is -2.19. The SMILES string of the molecule is C#CCN1C(=O)CCOc2cc(C(=O)O)ccc21. The Bertz CT molecular complexity index is 544. The molecule has 1 aromatic carbocycles. The lowest BCUT2D eigenvalue weighted by molar-refractivity contribution is -0.118. The normalized spacial score (nSPS) is 14.2. The molecule has 5 nitrogen and oxygen atoms in total. The number of carboxylic acid groups (broad SMARTS) is 1. The van der Waals surface area contributed by atoms with E-state index < -0.39 is 5.97 Å². The van der Waals surface area contributed by atoms with Crippen molar-refractivity contribution in [2.24, 2.45) is 0 Å². The Balaban J connectivity index is 2.47.